The van der Waals surface area contributed by atoms with E-state index in [0.717, 1.165) is 38.6 Å². The van der Waals surface area contributed by atoms with Crippen molar-refractivity contribution < 1.29 is 14.3 Å². The Labute approximate surface area is 129 Å². The summed E-state index contributed by atoms with van der Waals surface area (Å²) in [6.45, 7) is 3.01. The molecule has 0 N–H and O–H groups in total. The maximum absolute atomic E-state index is 12.3. The number of hydrogen-bond acceptors (Lipinski definition) is 3. The molecule has 1 saturated heterocycles. The number of nitrogens with zero attached hydrogens (tertiary/aromatic N) is 1. The number of methoxy groups -OCH3 is 1. The summed E-state index contributed by atoms with van der Waals surface area (Å²) in [6.07, 6.45) is 11.2. The summed E-state index contributed by atoms with van der Waals surface area (Å²) in [5.41, 5.74) is 0. The third kappa shape index (κ3) is 6.96. The van der Waals surface area contributed by atoms with Crippen LogP contribution in [0.1, 0.15) is 77.6 Å². The summed E-state index contributed by atoms with van der Waals surface area (Å²) in [5, 5.41) is 0. The molecule has 0 spiro atoms. The van der Waals surface area contributed by atoms with Crippen molar-refractivity contribution in [3.05, 3.63) is 0 Å². The van der Waals surface area contributed by atoms with Crippen molar-refractivity contribution in [3.8, 4) is 0 Å². The van der Waals surface area contributed by atoms with Crippen LogP contribution in [0.15, 0.2) is 0 Å². The molecule has 21 heavy (non-hydrogen) atoms. The number of unbranched alkanes of at least 4 members (excludes halogenated alkanes) is 5. The summed E-state index contributed by atoms with van der Waals surface area (Å²) >= 11 is 0. The second-order valence-electron chi connectivity index (χ2n) is 6.03. The number of likely N-dealkylation sites (tertiary alicyclic amines) is 1. The summed E-state index contributed by atoms with van der Waals surface area (Å²) in [5.74, 6) is 0.0124. The number of carbonyl (C=O) groups excluding carboxylic acids is 2. The zero-order valence-corrected chi connectivity index (χ0v) is 13.7. The van der Waals surface area contributed by atoms with Crippen LogP contribution in [0.25, 0.3) is 0 Å². The molecule has 122 valence electrons. The Hall–Kier alpha value is -1.06. The normalized spacial score (nSPS) is 18.6. The highest BCUT2D eigenvalue weighted by Crippen LogP contribution is 2.21. The summed E-state index contributed by atoms with van der Waals surface area (Å²) in [6, 6.07) is 0.0544. The number of hydrogen-bond donors (Lipinski definition) is 0. The van der Waals surface area contributed by atoms with Crippen molar-refractivity contribution in [3.63, 3.8) is 0 Å². The highest BCUT2D eigenvalue weighted by molar-refractivity contribution is 5.78. The van der Waals surface area contributed by atoms with Gasteiger partial charge in [-0.25, -0.2) is 0 Å². The monoisotopic (exact) mass is 297 g/mol. The minimum Gasteiger partial charge on any atom is -0.469 e. The lowest BCUT2D eigenvalue weighted by atomic mass is 9.98. The number of ether oxygens (including phenoxy) is 1. The van der Waals surface area contributed by atoms with E-state index in [-0.39, 0.29) is 17.9 Å². The maximum Gasteiger partial charge on any atom is 0.307 e. The first-order chi connectivity index (χ1) is 10.2. The molecule has 4 nitrogen and oxygen atoms in total. The first kappa shape index (κ1) is 18.0. The molecular formula is C17H31NO3. The van der Waals surface area contributed by atoms with Crippen LogP contribution in [0, 0.1) is 0 Å². The highest BCUT2D eigenvalue weighted by Gasteiger charge is 2.28. The Morgan fingerprint density at radius 1 is 1.10 bits per heavy atom. The SMILES string of the molecule is CCCCCCCCC(=O)N1CCCCC1CC(=O)OC. The van der Waals surface area contributed by atoms with Gasteiger partial charge in [-0.3, -0.25) is 9.59 Å². The fourth-order valence-corrected chi connectivity index (χ4v) is 3.02. The van der Waals surface area contributed by atoms with Gasteiger partial charge in [0.15, 0.2) is 0 Å². The van der Waals surface area contributed by atoms with Crippen LogP contribution >= 0.6 is 0 Å². The van der Waals surface area contributed by atoms with Crippen LogP contribution < -0.4 is 0 Å². The molecule has 0 bridgehead atoms. The van der Waals surface area contributed by atoms with Crippen molar-refractivity contribution in [1.29, 1.82) is 0 Å². The van der Waals surface area contributed by atoms with Crippen molar-refractivity contribution >= 4 is 11.9 Å². The topological polar surface area (TPSA) is 46.6 Å². The smallest absolute Gasteiger partial charge is 0.307 e. The molecule has 1 atom stereocenters. The molecule has 1 aliphatic heterocycles. The highest BCUT2D eigenvalue weighted by atomic mass is 16.5. The number of rotatable bonds is 9. The van der Waals surface area contributed by atoms with Gasteiger partial charge in [-0.1, -0.05) is 39.0 Å². The predicted molar refractivity (Wildman–Crippen MR) is 84.0 cm³/mol. The van der Waals surface area contributed by atoms with E-state index in [2.05, 4.69) is 6.92 Å². The van der Waals surface area contributed by atoms with Gasteiger partial charge >= 0.3 is 5.97 Å². The van der Waals surface area contributed by atoms with Gasteiger partial charge in [0.05, 0.1) is 13.5 Å². The Morgan fingerprint density at radius 2 is 1.81 bits per heavy atom. The van der Waals surface area contributed by atoms with Crippen molar-refractivity contribution in [1.82, 2.24) is 4.90 Å². The molecular weight excluding hydrogens is 266 g/mol. The summed E-state index contributed by atoms with van der Waals surface area (Å²) < 4.78 is 4.74. The zero-order chi connectivity index (χ0) is 15.5. The van der Waals surface area contributed by atoms with Crippen LogP contribution in [0.2, 0.25) is 0 Å². The molecule has 1 rings (SSSR count). The van der Waals surface area contributed by atoms with Gasteiger partial charge in [0.2, 0.25) is 5.91 Å². The van der Waals surface area contributed by atoms with Crippen molar-refractivity contribution in [2.75, 3.05) is 13.7 Å². The Morgan fingerprint density at radius 3 is 2.52 bits per heavy atom. The molecule has 0 aromatic carbocycles. The molecule has 1 unspecified atom stereocenters. The predicted octanol–water partition coefficient (Wildman–Crippen LogP) is 3.68. The van der Waals surface area contributed by atoms with E-state index in [1.807, 2.05) is 4.90 Å². The average molecular weight is 297 g/mol. The van der Waals surface area contributed by atoms with Crippen molar-refractivity contribution in [2.24, 2.45) is 0 Å². The first-order valence-corrected chi connectivity index (χ1v) is 8.55. The van der Waals surface area contributed by atoms with Gasteiger partial charge in [-0.15, -0.1) is 0 Å². The molecule has 0 aromatic rings. The molecule has 0 saturated carbocycles. The number of esters is 1. The Balaban J connectivity index is 2.30. The van der Waals surface area contributed by atoms with Crippen LogP contribution in [-0.4, -0.2) is 36.5 Å². The number of piperidine rings is 1. The lowest BCUT2D eigenvalue weighted by molar-refractivity contribution is -0.144. The largest absolute Gasteiger partial charge is 0.469 e. The minimum absolute atomic E-state index is 0.0544. The van der Waals surface area contributed by atoms with E-state index in [1.165, 1.54) is 32.8 Å². The van der Waals surface area contributed by atoms with E-state index in [1.54, 1.807) is 0 Å². The Kier molecular flexibility index (Phi) is 9.11. The molecule has 0 radical (unpaired) electrons. The van der Waals surface area contributed by atoms with E-state index < -0.39 is 0 Å². The molecule has 1 fully saturated rings. The van der Waals surface area contributed by atoms with Crippen LogP contribution in [0.3, 0.4) is 0 Å². The van der Waals surface area contributed by atoms with Gasteiger partial charge in [-0.2, -0.15) is 0 Å². The molecule has 4 heteroatoms. The van der Waals surface area contributed by atoms with Gasteiger partial charge in [0.25, 0.3) is 0 Å². The summed E-state index contributed by atoms with van der Waals surface area (Å²) in [7, 11) is 1.41. The molecule has 1 aliphatic rings. The van der Waals surface area contributed by atoms with E-state index >= 15 is 0 Å². The molecule has 0 aliphatic carbocycles. The minimum atomic E-state index is -0.209. The van der Waals surface area contributed by atoms with Gasteiger partial charge < -0.3 is 9.64 Å². The maximum atomic E-state index is 12.3. The van der Waals surface area contributed by atoms with Crippen molar-refractivity contribution in [2.45, 2.75) is 83.6 Å². The summed E-state index contributed by atoms with van der Waals surface area (Å²) in [4.78, 5) is 25.7. The van der Waals surface area contributed by atoms with Gasteiger partial charge in [-0.05, 0) is 25.7 Å². The third-order valence-electron chi connectivity index (χ3n) is 4.32. The van der Waals surface area contributed by atoms with E-state index in [4.69, 9.17) is 4.74 Å². The second kappa shape index (κ2) is 10.6. The molecule has 1 heterocycles. The lowest BCUT2D eigenvalue weighted by Crippen LogP contribution is -2.44. The second-order valence-corrected chi connectivity index (χ2v) is 6.03. The standard InChI is InChI=1S/C17H31NO3/c1-3-4-5-6-7-8-12-16(19)18-13-10-9-11-15(18)14-17(20)21-2/h15H,3-14H2,1-2H3. The van der Waals surface area contributed by atoms with Gasteiger partial charge in [0.1, 0.15) is 0 Å². The fraction of sp³-hybridized carbons (Fsp3) is 0.882. The molecule has 1 amide bonds. The first-order valence-electron chi connectivity index (χ1n) is 8.55. The quantitative estimate of drug-likeness (QED) is 0.482. The van der Waals surface area contributed by atoms with Gasteiger partial charge in [0, 0.05) is 19.0 Å². The molecule has 0 aromatic heterocycles. The Bertz CT molecular complexity index is 317. The third-order valence-corrected chi connectivity index (χ3v) is 4.32. The number of carbonyl (C=O) groups is 2. The number of amides is 1. The average Bonchev–Trinajstić information content (AvgIpc) is 2.51. The van der Waals surface area contributed by atoms with Crippen LogP contribution in [-0.2, 0) is 14.3 Å². The van der Waals surface area contributed by atoms with E-state index in [9.17, 15) is 9.59 Å². The lowest BCUT2D eigenvalue weighted by Gasteiger charge is -2.35. The van der Waals surface area contributed by atoms with E-state index in [0.29, 0.717) is 12.8 Å². The van der Waals surface area contributed by atoms with Crippen LogP contribution in [0.5, 0.6) is 0 Å². The fourth-order valence-electron chi connectivity index (χ4n) is 3.02. The van der Waals surface area contributed by atoms with Crippen LogP contribution in [0.4, 0.5) is 0 Å². The zero-order valence-electron chi connectivity index (χ0n) is 13.7.